The molecule has 6 N–H and O–H groups in total. The van der Waals surface area contributed by atoms with Crippen molar-refractivity contribution in [2.24, 2.45) is 17.6 Å². The summed E-state index contributed by atoms with van der Waals surface area (Å²) in [6.45, 7) is 3.02. The number of nitrogens with zero attached hydrogens (tertiary/aromatic N) is 1. The van der Waals surface area contributed by atoms with Gasteiger partial charge in [-0.3, -0.25) is 14.4 Å². The SMILES string of the molecule is CC1=C(C(N)=O)C(=O)[C@@]2(O)C(=O)C3=C(O)c4c(O)cccc4[C@@](C)(O)C3CC2C1N(C)C. The number of aromatic hydroxyl groups is 1. The van der Waals surface area contributed by atoms with Crippen LogP contribution >= 0.6 is 0 Å². The third-order valence-electron chi connectivity index (χ3n) is 7.32. The monoisotopic (exact) mass is 442 g/mol. The fraction of sp³-hybridized carbons (Fsp3) is 0.435. The number of aliphatic hydroxyl groups is 3. The van der Waals surface area contributed by atoms with E-state index >= 15 is 0 Å². The molecular formula is C23H26N2O7. The molecule has 9 heteroatoms. The minimum atomic E-state index is -2.66. The summed E-state index contributed by atoms with van der Waals surface area (Å²) in [5, 5.41) is 44.4. The van der Waals surface area contributed by atoms with Crippen molar-refractivity contribution in [3.05, 3.63) is 46.0 Å². The Morgan fingerprint density at radius 2 is 1.78 bits per heavy atom. The van der Waals surface area contributed by atoms with Gasteiger partial charge in [-0.1, -0.05) is 12.1 Å². The molecule has 9 nitrogen and oxygen atoms in total. The highest BCUT2D eigenvalue weighted by atomic mass is 16.3. The number of Topliss-reactive ketones (excluding diaryl/α,β-unsaturated/α-hetero) is 2. The molecule has 3 aliphatic carbocycles. The van der Waals surface area contributed by atoms with Crippen LogP contribution in [0.5, 0.6) is 5.75 Å². The van der Waals surface area contributed by atoms with Crippen LogP contribution < -0.4 is 5.73 Å². The predicted molar refractivity (Wildman–Crippen MR) is 113 cm³/mol. The zero-order valence-corrected chi connectivity index (χ0v) is 18.2. The van der Waals surface area contributed by atoms with E-state index in [9.17, 15) is 34.8 Å². The number of primary amides is 1. The zero-order valence-electron chi connectivity index (χ0n) is 18.2. The van der Waals surface area contributed by atoms with Gasteiger partial charge in [-0.2, -0.15) is 0 Å². The molecule has 1 aromatic carbocycles. The number of carbonyl (C=O) groups excluding carboxylic acids is 3. The number of hydrogen-bond donors (Lipinski definition) is 5. The Kier molecular flexibility index (Phi) is 4.68. The third-order valence-corrected chi connectivity index (χ3v) is 7.32. The summed E-state index contributed by atoms with van der Waals surface area (Å²) in [5.41, 5.74) is 0.726. The second kappa shape index (κ2) is 6.74. The number of ketones is 2. The summed E-state index contributed by atoms with van der Waals surface area (Å²) in [6.07, 6.45) is -0.0400. The number of phenolic OH excluding ortho intramolecular Hbond substituents is 1. The Morgan fingerprint density at radius 1 is 1.16 bits per heavy atom. The van der Waals surface area contributed by atoms with E-state index in [1.165, 1.54) is 19.1 Å². The van der Waals surface area contributed by atoms with Crippen molar-refractivity contribution in [3.8, 4) is 5.75 Å². The second-order valence-electron chi connectivity index (χ2n) is 9.26. The number of fused-ring (bicyclic) bond motifs is 3. The molecule has 1 aromatic rings. The first-order chi connectivity index (χ1) is 14.8. The topological polar surface area (TPSA) is 161 Å². The summed E-state index contributed by atoms with van der Waals surface area (Å²) in [6, 6.07) is 3.65. The zero-order chi connectivity index (χ0) is 23.9. The number of aliphatic hydroxyl groups excluding tert-OH is 1. The van der Waals surface area contributed by atoms with Crippen molar-refractivity contribution < 1.29 is 34.8 Å². The van der Waals surface area contributed by atoms with Gasteiger partial charge in [0.1, 0.15) is 11.5 Å². The molecule has 0 spiro atoms. The Balaban J connectivity index is 2.03. The minimum Gasteiger partial charge on any atom is -0.507 e. The number of likely N-dealkylation sites (N-methyl/N-ethyl adjacent to an activating group) is 1. The molecule has 0 heterocycles. The fourth-order valence-electron chi connectivity index (χ4n) is 5.89. The minimum absolute atomic E-state index is 0.0400. The lowest BCUT2D eigenvalue weighted by atomic mass is 9.53. The number of phenols is 1. The number of rotatable bonds is 2. The molecule has 3 aliphatic rings. The maximum Gasteiger partial charge on any atom is 0.252 e. The molecule has 1 saturated carbocycles. The lowest BCUT2D eigenvalue weighted by Gasteiger charge is -2.53. The van der Waals surface area contributed by atoms with Gasteiger partial charge in [0.05, 0.1) is 16.7 Å². The van der Waals surface area contributed by atoms with Crippen molar-refractivity contribution >= 4 is 23.2 Å². The first kappa shape index (κ1) is 22.2. The highest BCUT2D eigenvalue weighted by Crippen LogP contribution is 2.56. The standard InChI is InChI=1S/C23H26N2O7/c1-9-14(21(24)30)19(28)23(32)12(17(9)25(3)4)8-11-16(20(23)29)18(27)15-10(22(11,2)31)6-5-7-13(15)26/h5-7,11-12,17,26-27,31-32H,8H2,1-4H3,(H2,24,30)/t11?,12?,17?,22-,23-/m1/s1. The normalized spacial score (nSPS) is 34.4. The maximum atomic E-state index is 13.7. The largest absolute Gasteiger partial charge is 0.507 e. The Labute approximate surface area is 184 Å². The number of benzene rings is 1. The summed E-state index contributed by atoms with van der Waals surface area (Å²) in [4.78, 5) is 40.8. The quantitative estimate of drug-likeness (QED) is 0.319. The van der Waals surface area contributed by atoms with Gasteiger partial charge in [0.15, 0.2) is 5.60 Å². The second-order valence-corrected chi connectivity index (χ2v) is 9.26. The van der Waals surface area contributed by atoms with Crippen molar-refractivity contribution in [3.63, 3.8) is 0 Å². The molecule has 4 rings (SSSR count). The molecule has 0 bridgehead atoms. The van der Waals surface area contributed by atoms with E-state index in [4.69, 9.17) is 5.73 Å². The number of amides is 1. The van der Waals surface area contributed by atoms with Gasteiger partial charge >= 0.3 is 0 Å². The van der Waals surface area contributed by atoms with Crippen LogP contribution in [0.4, 0.5) is 0 Å². The molecule has 5 atom stereocenters. The lowest BCUT2D eigenvalue weighted by Crippen LogP contribution is -2.68. The molecule has 170 valence electrons. The first-order valence-electron chi connectivity index (χ1n) is 10.2. The van der Waals surface area contributed by atoms with E-state index < -0.39 is 57.9 Å². The summed E-state index contributed by atoms with van der Waals surface area (Å²) < 4.78 is 0. The molecule has 0 radical (unpaired) electrons. The van der Waals surface area contributed by atoms with E-state index in [1.807, 2.05) is 0 Å². The van der Waals surface area contributed by atoms with E-state index in [0.717, 1.165) is 0 Å². The molecule has 1 fully saturated rings. The Hall–Kier alpha value is -3.01. The average Bonchev–Trinajstić information content (AvgIpc) is 2.68. The number of carbonyl (C=O) groups is 3. The van der Waals surface area contributed by atoms with Crippen LogP contribution in [0.2, 0.25) is 0 Å². The van der Waals surface area contributed by atoms with Gasteiger partial charge in [-0.15, -0.1) is 0 Å². The molecule has 1 amide bonds. The van der Waals surface area contributed by atoms with Crippen LogP contribution in [-0.4, -0.2) is 68.5 Å². The van der Waals surface area contributed by atoms with Gasteiger partial charge in [0.2, 0.25) is 11.6 Å². The molecule has 32 heavy (non-hydrogen) atoms. The molecule has 0 aromatic heterocycles. The summed E-state index contributed by atoms with van der Waals surface area (Å²) in [5.74, 6) is -6.21. The van der Waals surface area contributed by atoms with Crippen LogP contribution in [0.1, 0.15) is 31.4 Å². The Bertz CT molecular complexity index is 1150. The van der Waals surface area contributed by atoms with Crippen LogP contribution in [0.25, 0.3) is 5.76 Å². The van der Waals surface area contributed by atoms with E-state index in [1.54, 1.807) is 32.0 Å². The van der Waals surface area contributed by atoms with Crippen molar-refractivity contribution in [2.75, 3.05) is 14.1 Å². The highest BCUT2D eigenvalue weighted by Gasteiger charge is 2.66. The molecular weight excluding hydrogens is 416 g/mol. The van der Waals surface area contributed by atoms with E-state index in [-0.39, 0.29) is 28.9 Å². The van der Waals surface area contributed by atoms with Crippen LogP contribution in [0.15, 0.2) is 34.9 Å². The van der Waals surface area contributed by atoms with E-state index in [2.05, 4.69) is 0 Å². The number of nitrogens with two attached hydrogens (primary N) is 1. The van der Waals surface area contributed by atoms with Gasteiger partial charge in [-0.05, 0) is 51.6 Å². The smallest absolute Gasteiger partial charge is 0.252 e. The van der Waals surface area contributed by atoms with Gasteiger partial charge < -0.3 is 31.1 Å². The van der Waals surface area contributed by atoms with E-state index in [0.29, 0.717) is 5.57 Å². The Morgan fingerprint density at radius 3 is 2.34 bits per heavy atom. The predicted octanol–water partition coefficient (Wildman–Crippen LogP) is 0.133. The highest BCUT2D eigenvalue weighted by molar-refractivity contribution is 6.33. The molecule has 3 unspecified atom stereocenters. The van der Waals surface area contributed by atoms with Crippen molar-refractivity contribution in [1.82, 2.24) is 4.90 Å². The first-order valence-corrected chi connectivity index (χ1v) is 10.2. The van der Waals surface area contributed by atoms with Crippen molar-refractivity contribution in [1.29, 1.82) is 0 Å². The van der Waals surface area contributed by atoms with Crippen LogP contribution in [0, 0.1) is 11.8 Å². The van der Waals surface area contributed by atoms with Crippen molar-refractivity contribution in [2.45, 2.75) is 37.5 Å². The number of hydrogen-bond acceptors (Lipinski definition) is 8. The van der Waals surface area contributed by atoms with Gasteiger partial charge in [0.25, 0.3) is 5.91 Å². The van der Waals surface area contributed by atoms with Gasteiger partial charge in [0, 0.05) is 23.5 Å². The van der Waals surface area contributed by atoms with Crippen LogP contribution in [-0.2, 0) is 20.0 Å². The lowest BCUT2D eigenvalue weighted by molar-refractivity contribution is -0.165. The molecule has 0 saturated heterocycles. The van der Waals surface area contributed by atoms with Crippen LogP contribution in [0.3, 0.4) is 0 Å². The summed E-state index contributed by atoms with van der Waals surface area (Å²) in [7, 11) is 3.37. The van der Waals surface area contributed by atoms with Gasteiger partial charge in [-0.25, -0.2) is 0 Å². The average molecular weight is 442 g/mol. The molecule has 0 aliphatic heterocycles. The summed E-state index contributed by atoms with van der Waals surface area (Å²) >= 11 is 0. The third kappa shape index (κ3) is 2.52. The maximum absolute atomic E-state index is 13.7. The fourth-order valence-corrected chi connectivity index (χ4v) is 5.89.